The molecule has 0 saturated carbocycles. The fourth-order valence-corrected chi connectivity index (χ4v) is 1.95. The molecule has 3 N–H and O–H groups in total. The molecule has 0 bridgehead atoms. The highest BCUT2D eigenvalue weighted by molar-refractivity contribution is 6.32. The number of carbonyl (C=O) groups is 1. The van der Waals surface area contributed by atoms with Crippen molar-refractivity contribution in [2.75, 3.05) is 7.05 Å². The van der Waals surface area contributed by atoms with Gasteiger partial charge < -0.3 is 10.1 Å². The Hall–Kier alpha value is -3.01. The predicted molar refractivity (Wildman–Crippen MR) is 75.1 cm³/mol. The third-order valence-electron chi connectivity index (χ3n) is 2.72. The van der Waals surface area contributed by atoms with Crippen molar-refractivity contribution in [1.82, 2.24) is 41.4 Å². The van der Waals surface area contributed by atoms with E-state index in [0.29, 0.717) is 22.8 Å². The smallest absolute Gasteiger partial charge is 0.409 e. The van der Waals surface area contributed by atoms with E-state index in [2.05, 4.69) is 41.4 Å². The van der Waals surface area contributed by atoms with Gasteiger partial charge in [-0.3, -0.25) is 0 Å². The molecule has 0 aliphatic carbocycles. The fourth-order valence-electron chi connectivity index (χ4n) is 1.73. The molecule has 0 saturated heterocycles. The first kappa shape index (κ1) is 13.9. The Balaban J connectivity index is 1.95. The van der Waals surface area contributed by atoms with Gasteiger partial charge in [-0.15, -0.1) is 10.2 Å². The zero-order valence-electron chi connectivity index (χ0n) is 11.2. The van der Waals surface area contributed by atoms with E-state index in [9.17, 15) is 4.79 Å². The molecule has 1 aromatic carbocycles. The Bertz CT molecular complexity index is 800. The highest BCUT2D eigenvalue weighted by Gasteiger charge is 2.17. The molecular weight excluding hydrogens is 312 g/mol. The topological polar surface area (TPSA) is 134 Å². The standard InChI is InChI=1S/C11H9ClN8O2/c1-13-11(21)22-7-3-2-5(4-6(7)12)8-9(15-18-14-8)10-16-19-20-17-10/h2-4H,1H3,(H,13,21)(H,14,15,18)(H,16,17,19,20). The molecule has 2 aromatic heterocycles. The molecule has 22 heavy (non-hydrogen) atoms. The van der Waals surface area contributed by atoms with Crippen molar-refractivity contribution in [3.05, 3.63) is 23.2 Å². The monoisotopic (exact) mass is 320 g/mol. The average molecular weight is 321 g/mol. The van der Waals surface area contributed by atoms with Gasteiger partial charge in [0, 0.05) is 12.6 Å². The van der Waals surface area contributed by atoms with E-state index in [1.54, 1.807) is 18.2 Å². The number of halogens is 1. The molecule has 2 heterocycles. The third kappa shape index (κ3) is 2.59. The first-order chi connectivity index (χ1) is 10.7. The highest BCUT2D eigenvalue weighted by Crippen LogP contribution is 2.32. The summed E-state index contributed by atoms with van der Waals surface area (Å²) < 4.78 is 5.00. The number of aromatic nitrogens is 7. The predicted octanol–water partition coefficient (Wildman–Crippen LogP) is 1.02. The molecule has 0 aliphatic heterocycles. The van der Waals surface area contributed by atoms with Crippen molar-refractivity contribution >= 4 is 17.7 Å². The van der Waals surface area contributed by atoms with Crippen LogP contribution in [-0.4, -0.2) is 49.2 Å². The van der Waals surface area contributed by atoms with E-state index >= 15 is 0 Å². The molecule has 11 heteroatoms. The molecule has 0 unspecified atom stereocenters. The number of carbonyl (C=O) groups excluding carboxylic acids is 1. The van der Waals surface area contributed by atoms with Crippen molar-refractivity contribution in [3.8, 4) is 28.5 Å². The zero-order valence-corrected chi connectivity index (χ0v) is 11.9. The molecule has 3 rings (SSSR count). The van der Waals surface area contributed by atoms with Crippen LogP contribution in [0.3, 0.4) is 0 Å². The maximum atomic E-state index is 11.2. The summed E-state index contributed by atoms with van der Waals surface area (Å²) in [4.78, 5) is 11.2. The first-order valence-electron chi connectivity index (χ1n) is 6.03. The van der Waals surface area contributed by atoms with Crippen LogP contribution in [0.4, 0.5) is 4.79 Å². The van der Waals surface area contributed by atoms with Gasteiger partial charge >= 0.3 is 6.09 Å². The van der Waals surface area contributed by atoms with E-state index in [1.165, 1.54) is 7.05 Å². The average Bonchev–Trinajstić information content (AvgIpc) is 3.19. The minimum atomic E-state index is -0.608. The van der Waals surface area contributed by atoms with Crippen molar-refractivity contribution in [2.24, 2.45) is 0 Å². The van der Waals surface area contributed by atoms with Crippen LogP contribution in [0.2, 0.25) is 5.02 Å². The van der Waals surface area contributed by atoms with Crippen molar-refractivity contribution in [3.63, 3.8) is 0 Å². The van der Waals surface area contributed by atoms with Crippen molar-refractivity contribution in [1.29, 1.82) is 0 Å². The molecule has 0 fully saturated rings. The van der Waals surface area contributed by atoms with Crippen molar-refractivity contribution in [2.45, 2.75) is 0 Å². The number of rotatable bonds is 3. The maximum Gasteiger partial charge on any atom is 0.412 e. The molecule has 112 valence electrons. The number of benzene rings is 1. The van der Waals surface area contributed by atoms with Gasteiger partial charge in [0.15, 0.2) is 11.4 Å². The Kier molecular flexibility index (Phi) is 3.66. The van der Waals surface area contributed by atoms with Gasteiger partial charge in [0.2, 0.25) is 5.82 Å². The van der Waals surface area contributed by atoms with Crippen molar-refractivity contribution < 1.29 is 9.53 Å². The van der Waals surface area contributed by atoms with Crippen LogP contribution >= 0.6 is 11.6 Å². The third-order valence-corrected chi connectivity index (χ3v) is 3.01. The second-order valence-corrected chi connectivity index (χ2v) is 4.45. The molecule has 3 aromatic rings. The quantitative estimate of drug-likeness (QED) is 0.655. The molecule has 0 atom stereocenters. The summed E-state index contributed by atoms with van der Waals surface area (Å²) in [5.41, 5.74) is 1.57. The summed E-state index contributed by atoms with van der Waals surface area (Å²) in [6.45, 7) is 0. The number of tetrazole rings is 1. The Morgan fingerprint density at radius 2 is 2.05 bits per heavy atom. The van der Waals surface area contributed by atoms with Crippen LogP contribution in [0.15, 0.2) is 18.2 Å². The Labute approximate surface area is 128 Å². The molecule has 0 aliphatic rings. The molecule has 0 radical (unpaired) electrons. The first-order valence-corrected chi connectivity index (χ1v) is 6.41. The second-order valence-electron chi connectivity index (χ2n) is 4.04. The zero-order chi connectivity index (χ0) is 15.5. The number of ether oxygens (including phenoxy) is 1. The number of hydrogen-bond donors (Lipinski definition) is 3. The van der Waals surface area contributed by atoms with Gasteiger partial charge in [-0.1, -0.05) is 11.6 Å². The summed E-state index contributed by atoms with van der Waals surface area (Å²) >= 11 is 6.11. The van der Waals surface area contributed by atoms with Gasteiger partial charge in [0.1, 0.15) is 5.69 Å². The van der Waals surface area contributed by atoms with Gasteiger partial charge in [0.25, 0.3) is 0 Å². The van der Waals surface area contributed by atoms with Crippen LogP contribution in [0, 0.1) is 0 Å². The van der Waals surface area contributed by atoms with Gasteiger partial charge in [-0.2, -0.15) is 20.6 Å². The molecular formula is C11H9ClN8O2. The van der Waals surface area contributed by atoms with Crippen LogP contribution in [0.1, 0.15) is 0 Å². The van der Waals surface area contributed by atoms with Crippen LogP contribution in [0.25, 0.3) is 22.8 Å². The molecule has 10 nitrogen and oxygen atoms in total. The lowest BCUT2D eigenvalue weighted by Crippen LogP contribution is -2.22. The van der Waals surface area contributed by atoms with Crippen LogP contribution < -0.4 is 10.1 Å². The summed E-state index contributed by atoms with van der Waals surface area (Å²) in [6, 6.07) is 4.84. The fraction of sp³-hybridized carbons (Fsp3) is 0.0909. The van der Waals surface area contributed by atoms with E-state index in [0.717, 1.165) is 0 Å². The lowest BCUT2D eigenvalue weighted by atomic mass is 10.1. The highest BCUT2D eigenvalue weighted by atomic mass is 35.5. The van der Waals surface area contributed by atoms with Gasteiger partial charge in [0.05, 0.1) is 5.02 Å². The van der Waals surface area contributed by atoms with E-state index < -0.39 is 6.09 Å². The van der Waals surface area contributed by atoms with E-state index in [-0.39, 0.29) is 10.8 Å². The number of nitrogens with zero attached hydrogens (tertiary/aromatic N) is 5. The number of nitrogens with one attached hydrogen (secondary N) is 3. The SMILES string of the molecule is CNC(=O)Oc1ccc(-c2n[nH]nc2-c2nn[nH]n2)cc1Cl. The second kappa shape index (κ2) is 5.77. The Morgan fingerprint density at radius 3 is 2.73 bits per heavy atom. The largest absolute Gasteiger partial charge is 0.412 e. The number of amides is 1. The number of H-pyrrole nitrogens is 2. The van der Waals surface area contributed by atoms with Crippen LogP contribution in [0.5, 0.6) is 5.75 Å². The maximum absolute atomic E-state index is 11.2. The summed E-state index contributed by atoms with van der Waals surface area (Å²) in [7, 11) is 1.46. The number of aromatic amines is 2. The van der Waals surface area contributed by atoms with E-state index in [4.69, 9.17) is 16.3 Å². The summed E-state index contributed by atoms with van der Waals surface area (Å²) in [6.07, 6.45) is -0.608. The Morgan fingerprint density at radius 1 is 1.23 bits per heavy atom. The van der Waals surface area contributed by atoms with E-state index in [1.807, 2.05) is 0 Å². The summed E-state index contributed by atoms with van der Waals surface area (Å²) in [5.74, 6) is 0.528. The minimum absolute atomic E-state index is 0.231. The van der Waals surface area contributed by atoms with Gasteiger partial charge in [-0.05, 0) is 23.4 Å². The number of hydrogen-bond acceptors (Lipinski definition) is 7. The minimum Gasteiger partial charge on any atom is -0.409 e. The lowest BCUT2D eigenvalue weighted by molar-refractivity contribution is 0.203. The lowest BCUT2D eigenvalue weighted by Gasteiger charge is -2.06. The molecule has 1 amide bonds. The van der Waals surface area contributed by atoms with Crippen LogP contribution in [-0.2, 0) is 0 Å². The molecule has 0 spiro atoms. The van der Waals surface area contributed by atoms with Gasteiger partial charge in [-0.25, -0.2) is 4.79 Å². The summed E-state index contributed by atoms with van der Waals surface area (Å²) in [5, 5.41) is 26.7. The normalized spacial score (nSPS) is 10.5.